The number of benzene rings is 1. The molecular weight excluding hydrogens is 566 g/mol. The van der Waals surface area contributed by atoms with Crippen molar-refractivity contribution in [1.29, 1.82) is 0 Å². The van der Waals surface area contributed by atoms with Crippen LogP contribution in [0.15, 0.2) is 29.8 Å². The number of carbonyl (C=O) groups is 3. The highest BCUT2D eigenvalue weighted by Crippen LogP contribution is 2.29. The first-order chi connectivity index (χ1) is 20.4. The van der Waals surface area contributed by atoms with E-state index in [2.05, 4.69) is 25.4 Å². The normalized spacial score (nSPS) is 21.4. The van der Waals surface area contributed by atoms with Gasteiger partial charge in [0, 0.05) is 52.2 Å². The van der Waals surface area contributed by atoms with E-state index in [1.807, 2.05) is 64.4 Å². The Bertz CT molecular complexity index is 1250. The van der Waals surface area contributed by atoms with Gasteiger partial charge in [0.1, 0.15) is 12.1 Å². The first kappa shape index (κ1) is 33.0. The number of aromatic nitrogens is 1. The van der Waals surface area contributed by atoms with Crippen LogP contribution in [0.3, 0.4) is 0 Å². The van der Waals surface area contributed by atoms with E-state index in [1.54, 1.807) is 11.3 Å². The molecule has 11 nitrogen and oxygen atoms in total. The lowest BCUT2D eigenvalue weighted by atomic mass is 9.85. The number of hydrogen-bond acceptors (Lipinski definition) is 9. The van der Waals surface area contributed by atoms with Gasteiger partial charge < -0.3 is 26.4 Å². The molecule has 3 heterocycles. The smallest absolute Gasteiger partial charge is 0.246 e. The predicted molar refractivity (Wildman–Crippen MR) is 168 cm³/mol. The zero-order valence-electron chi connectivity index (χ0n) is 26.0. The van der Waals surface area contributed by atoms with E-state index in [4.69, 9.17) is 5.73 Å². The molecule has 2 aromatic rings. The van der Waals surface area contributed by atoms with Crippen LogP contribution in [0.1, 0.15) is 51.4 Å². The SMILES string of the molecule is Cc1ncsc1-c1ccc([C@H](C)NC(=O)[C@@H]2C[C@@H](O)CN2C(=O)[C@@H](NC(=O)CN2CCN(CCN)CC2)C(C)(C)C)cc1. The zero-order chi connectivity index (χ0) is 31.3. The van der Waals surface area contributed by atoms with E-state index < -0.39 is 23.6 Å². The highest BCUT2D eigenvalue weighted by atomic mass is 32.1. The summed E-state index contributed by atoms with van der Waals surface area (Å²) in [6, 6.07) is 6.02. The van der Waals surface area contributed by atoms with Crippen LogP contribution in [-0.4, -0.2) is 113 Å². The van der Waals surface area contributed by atoms with Gasteiger partial charge in [-0.1, -0.05) is 45.0 Å². The number of rotatable bonds is 10. The molecule has 0 radical (unpaired) electrons. The van der Waals surface area contributed by atoms with Gasteiger partial charge in [-0.25, -0.2) is 4.98 Å². The molecule has 12 heteroatoms. The quantitative estimate of drug-likeness (QED) is 0.315. The van der Waals surface area contributed by atoms with Crippen molar-refractivity contribution >= 4 is 29.1 Å². The summed E-state index contributed by atoms with van der Waals surface area (Å²) in [6.45, 7) is 14.5. The highest BCUT2D eigenvalue weighted by molar-refractivity contribution is 7.13. The standard InChI is InChI=1S/C31H47N7O4S/c1-20(22-6-8-23(9-7-22)27-21(2)33-19-43-27)34-29(41)25-16-24(39)17-38(25)30(42)28(31(3,4)5)35-26(40)18-37-14-12-36(11-10-32)13-15-37/h6-9,19-20,24-25,28,39H,10-18,32H2,1-5H3,(H,34,41)(H,35,40)/t20-,24+,25-,28+/m0/s1. The molecule has 236 valence electrons. The van der Waals surface area contributed by atoms with Crippen molar-refractivity contribution in [3.8, 4) is 10.4 Å². The van der Waals surface area contributed by atoms with Gasteiger partial charge in [-0.15, -0.1) is 11.3 Å². The molecule has 4 atom stereocenters. The number of aliphatic hydroxyl groups excluding tert-OH is 1. The molecule has 3 amide bonds. The largest absolute Gasteiger partial charge is 0.391 e. The van der Waals surface area contributed by atoms with Crippen LogP contribution in [0.4, 0.5) is 0 Å². The number of hydrogen-bond donors (Lipinski definition) is 4. The first-order valence-corrected chi connectivity index (χ1v) is 16.0. The molecule has 1 aromatic carbocycles. The van der Waals surface area contributed by atoms with Gasteiger partial charge in [-0.2, -0.15) is 0 Å². The van der Waals surface area contributed by atoms with Crippen molar-refractivity contribution in [2.75, 3.05) is 52.4 Å². The van der Waals surface area contributed by atoms with Crippen molar-refractivity contribution in [3.63, 3.8) is 0 Å². The summed E-state index contributed by atoms with van der Waals surface area (Å²) in [5.41, 5.74) is 9.87. The third-order valence-electron chi connectivity index (χ3n) is 8.34. The topological polar surface area (TPSA) is 144 Å². The highest BCUT2D eigenvalue weighted by Gasteiger charge is 2.44. The van der Waals surface area contributed by atoms with E-state index in [0.29, 0.717) is 6.54 Å². The second-order valence-electron chi connectivity index (χ2n) is 12.8. The molecule has 0 spiro atoms. The molecule has 0 aliphatic carbocycles. The van der Waals surface area contributed by atoms with E-state index in [1.165, 1.54) is 4.90 Å². The minimum atomic E-state index is -0.848. The molecule has 2 aliphatic rings. The number of aliphatic hydroxyl groups is 1. The Morgan fingerprint density at radius 2 is 1.74 bits per heavy atom. The third kappa shape index (κ3) is 8.39. The molecular formula is C31H47N7O4S. The van der Waals surface area contributed by atoms with E-state index in [0.717, 1.165) is 54.4 Å². The van der Waals surface area contributed by atoms with Gasteiger partial charge in [-0.05, 0) is 30.4 Å². The Kier molecular flexibility index (Phi) is 10.9. The second kappa shape index (κ2) is 14.3. The van der Waals surface area contributed by atoms with Gasteiger partial charge in [0.2, 0.25) is 17.7 Å². The molecule has 0 unspecified atom stereocenters. The number of piperazine rings is 1. The van der Waals surface area contributed by atoms with Gasteiger partial charge in [0.05, 0.1) is 34.8 Å². The Labute approximate surface area is 258 Å². The van der Waals surface area contributed by atoms with E-state index >= 15 is 0 Å². The molecule has 0 saturated carbocycles. The average Bonchev–Trinajstić information content (AvgIpc) is 3.57. The maximum atomic E-state index is 13.9. The average molecular weight is 614 g/mol. The Balaban J connectivity index is 1.39. The number of thiazole rings is 1. The summed E-state index contributed by atoms with van der Waals surface area (Å²) in [4.78, 5) is 51.7. The first-order valence-electron chi connectivity index (χ1n) is 15.1. The number of amides is 3. The lowest BCUT2D eigenvalue weighted by Gasteiger charge is -2.37. The fraction of sp³-hybridized carbons (Fsp3) is 0.613. The molecule has 2 saturated heterocycles. The van der Waals surface area contributed by atoms with Crippen molar-refractivity contribution in [3.05, 3.63) is 41.0 Å². The summed E-state index contributed by atoms with van der Waals surface area (Å²) in [7, 11) is 0. The fourth-order valence-electron chi connectivity index (χ4n) is 5.78. The lowest BCUT2D eigenvalue weighted by Crippen LogP contribution is -2.59. The van der Waals surface area contributed by atoms with Crippen LogP contribution in [-0.2, 0) is 14.4 Å². The van der Waals surface area contributed by atoms with Crippen molar-refractivity contribution in [2.45, 2.75) is 65.3 Å². The number of nitrogens with one attached hydrogen (secondary N) is 2. The number of β-amino-alcohol motifs (C(OH)–C–C–N with tert-alkyl or cyclic N) is 1. The molecule has 2 fully saturated rings. The van der Waals surface area contributed by atoms with Gasteiger partial charge in [0.25, 0.3) is 0 Å². The third-order valence-corrected chi connectivity index (χ3v) is 9.32. The zero-order valence-corrected chi connectivity index (χ0v) is 26.8. The lowest BCUT2D eigenvalue weighted by molar-refractivity contribution is -0.144. The molecule has 5 N–H and O–H groups in total. The Hall–Kier alpha value is -2.90. The molecule has 1 aromatic heterocycles. The maximum absolute atomic E-state index is 13.9. The molecule has 43 heavy (non-hydrogen) atoms. The van der Waals surface area contributed by atoms with Crippen molar-refractivity contribution in [1.82, 2.24) is 30.3 Å². The summed E-state index contributed by atoms with van der Waals surface area (Å²) in [6.07, 6.45) is -0.677. The summed E-state index contributed by atoms with van der Waals surface area (Å²) in [5, 5.41) is 16.5. The summed E-state index contributed by atoms with van der Waals surface area (Å²) < 4.78 is 0. The van der Waals surface area contributed by atoms with Gasteiger partial charge in [0.15, 0.2) is 0 Å². The van der Waals surface area contributed by atoms with Gasteiger partial charge >= 0.3 is 0 Å². The Morgan fingerprint density at radius 1 is 1.09 bits per heavy atom. The summed E-state index contributed by atoms with van der Waals surface area (Å²) in [5.74, 6) is -0.914. The van der Waals surface area contributed by atoms with Crippen LogP contribution >= 0.6 is 11.3 Å². The minimum absolute atomic E-state index is 0.0414. The minimum Gasteiger partial charge on any atom is -0.391 e. The maximum Gasteiger partial charge on any atom is 0.246 e. The number of aryl methyl sites for hydroxylation is 1. The second-order valence-corrected chi connectivity index (χ2v) is 13.6. The number of likely N-dealkylation sites (tertiary alicyclic amines) is 1. The van der Waals surface area contributed by atoms with E-state index in [9.17, 15) is 19.5 Å². The number of nitrogens with two attached hydrogens (primary N) is 1. The van der Waals surface area contributed by atoms with Crippen molar-refractivity contribution in [2.24, 2.45) is 11.1 Å². The fourth-order valence-corrected chi connectivity index (χ4v) is 6.59. The predicted octanol–water partition coefficient (Wildman–Crippen LogP) is 1.36. The van der Waals surface area contributed by atoms with Gasteiger partial charge in [-0.3, -0.25) is 24.2 Å². The monoisotopic (exact) mass is 613 g/mol. The van der Waals surface area contributed by atoms with Crippen LogP contribution in [0.5, 0.6) is 0 Å². The molecule has 4 rings (SSSR count). The molecule has 2 aliphatic heterocycles. The van der Waals surface area contributed by atoms with Crippen LogP contribution in [0, 0.1) is 12.3 Å². The van der Waals surface area contributed by atoms with Crippen LogP contribution < -0.4 is 16.4 Å². The van der Waals surface area contributed by atoms with Crippen molar-refractivity contribution < 1.29 is 19.5 Å². The van der Waals surface area contributed by atoms with Crippen LogP contribution in [0.2, 0.25) is 0 Å². The molecule has 0 bridgehead atoms. The summed E-state index contributed by atoms with van der Waals surface area (Å²) >= 11 is 1.59. The number of nitrogens with zero attached hydrogens (tertiary/aromatic N) is 4. The van der Waals surface area contributed by atoms with E-state index in [-0.39, 0.29) is 43.3 Å². The van der Waals surface area contributed by atoms with Crippen LogP contribution in [0.25, 0.3) is 10.4 Å². The number of carbonyl (C=O) groups excluding carboxylic acids is 3. The Morgan fingerprint density at radius 3 is 2.33 bits per heavy atom.